The second-order valence-corrected chi connectivity index (χ2v) is 12.0. The molecule has 1 N–H and O–H groups in total. The Balaban J connectivity index is 1.19. The average molecular weight is 688 g/mol. The standard InChI is InChI=1S/C37H27BrN4O5/c1-22-16-27(23(2)41(22)29-11-13-30(14-12-29)46-21-24-6-5-7-25(17-24)37(44)45)20-39-42-35(40-32-9-4-3-8-31(32)36(42)43)34-19-26-18-28(38)10-15-33(26)47-34/h3-20H,21H2,1-2H3,(H,44,45). The van der Waals surface area contributed by atoms with Crippen molar-refractivity contribution < 1.29 is 19.1 Å². The van der Waals surface area contributed by atoms with Gasteiger partial charge in [0.15, 0.2) is 5.76 Å². The quantitative estimate of drug-likeness (QED) is 0.162. The fraction of sp³-hybridized carbons (Fsp3) is 0.0811. The molecule has 7 rings (SSSR count). The van der Waals surface area contributed by atoms with Crippen LogP contribution in [0, 0.1) is 13.8 Å². The van der Waals surface area contributed by atoms with E-state index in [4.69, 9.17) is 14.1 Å². The van der Waals surface area contributed by atoms with Gasteiger partial charge < -0.3 is 18.8 Å². The Labute approximate surface area is 277 Å². The Hall–Kier alpha value is -5.74. The summed E-state index contributed by atoms with van der Waals surface area (Å²) in [5, 5.41) is 15.2. The number of benzene rings is 4. The highest BCUT2D eigenvalue weighted by molar-refractivity contribution is 9.10. The number of aromatic carboxylic acids is 1. The third-order valence-corrected chi connectivity index (χ3v) is 8.40. The van der Waals surface area contributed by atoms with E-state index in [1.54, 1.807) is 42.6 Å². The van der Waals surface area contributed by atoms with E-state index >= 15 is 0 Å². The Morgan fingerprint density at radius 2 is 1.79 bits per heavy atom. The second-order valence-electron chi connectivity index (χ2n) is 11.1. The molecule has 0 saturated carbocycles. The van der Waals surface area contributed by atoms with Crippen molar-refractivity contribution in [2.24, 2.45) is 5.10 Å². The van der Waals surface area contributed by atoms with Crippen LogP contribution in [0.5, 0.6) is 5.75 Å². The largest absolute Gasteiger partial charge is 0.489 e. The maximum Gasteiger partial charge on any atom is 0.335 e. The zero-order valence-electron chi connectivity index (χ0n) is 25.3. The number of para-hydroxylation sites is 1. The minimum Gasteiger partial charge on any atom is -0.489 e. The topological polar surface area (TPSA) is 112 Å². The van der Waals surface area contributed by atoms with Gasteiger partial charge in [0.2, 0.25) is 5.82 Å². The number of carboxylic acid groups (broad SMARTS) is 1. The monoisotopic (exact) mass is 686 g/mol. The highest BCUT2D eigenvalue weighted by Gasteiger charge is 2.17. The van der Waals surface area contributed by atoms with Gasteiger partial charge in [-0.05, 0) is 98.3 Å². The summed E-state index contributed by atoms with van der Waals surface area (Å²) < 4.78 is 16.3. The van der Waals surface area contributed by atoms with Crippen LogP contribution in [-0.4, -0.2) is 31.5 Å². The van der Waals surface area contributed by atoms with E-state index in [0.717, 1.165) is 38.1 Å². The minimum absolute atomic E-state index is 0.222. The SMILES string of the molecule is Cc1cc(C=Nn2c(-c3cc4cc(Br)ccc4o3)nc3ccccc3c2=O)c(C)n1-c1ccc(OCc2cccc(C(=O)O)c2)cc1. The second kappa shape index (κ2) is 12.2. The molecular weight excluding hydrogens is 660 g/mol. The van der Waals surface area contributed by atoms with E-state index in [1.165, 1.54) is 4.68 Å². The molecule has 0 bridgehead atoms. The Morgan fingerprint density at radius 3 is 2.60 bits per heavy atom. The molecule has 3 aromatic heterocycles. The molecule has 232 valence electrons. The molecule has 0 aliphatic carbocycles. The number of furan rings is 1. The summed E-state index contributed by atoms with van der Waals surface area (Å²) in [4.78, 5) is 29.8. The summed E-state index contributed by atoms with van der Waals surface area (Å²) in [7, 11) is 0. The van der Waals surface area contributed by atoms with Crippen LogP contribution in [0.3, 0.4) is 0 Å². The summed E-state index contributed by atoms with van der Waals surface area (Å²) in [5.74, 6) is 0.420. The highest BCUT2D eigenvalue weighted by atomic mass is 79.9. The molecule has 0 saturated heterocycles. The van der Waals surface area contributed by atoms with Crippen molar-refractivity contribution in [1.29, 1.82) is 0 Å². The molecule has 0 aliphatic heterocycles. The van der Waals surface area contributed by atoms with Crippen LogP contribution in [0.2, 0.25) is 0 Å². The summed E-state index contributed by atoms with van der Waals surface area (Å²) in [6.07, 6.45) is 1.67. The zero-order valence-corrected chi connectivity index (χ0v) is 26.9. The molecule has 0 spiro atoms. The number of nitrogens with zero attached hydrogens (tertiary/aromatic N) is 4. The smallest absolute Gasteiger partial charge is 0.335 e. The number of aromatic nitrogens is 3. The Kier molecular flexibility index (Phi) is 7.79. The van der Waals surface area contributed by atoms with Crippen LogP contribution in [0.4, 0.5) is 0 Å². The molecule has 3 heterocycles. The summed E-state index contributed by atoms with van der Waals surface area (Å²) >= 11 is 3.50. The molecule has 0 amide bonds. The number of fused-ring (bicyclic) bond motifs is 2. The summed E-state index contributed by atoms with van der Waals surface area (Å²) in [6, 6.07) is 31.1. The van der Waals surface area contributed by atoms with Gasteiger partial charge in [0.25, 0.3) is 5.56 Å². The number of hydrogen-bond donors (Lipinski definition) is 1. The van der Waals surface area contributed by atoms with Crippen LogP contribution >= 0.6 is 15.9 Å². The molecule has 0 unspecified atom stereocenters. The molecule has 0 fully saturated rings. The Morgan fingerprint density at radius 1 is 0.979 bits per heavy atom. The number of carbonyl (C=O) groups is 1. The summed E-state index contributed by atoms with van der Waals surface area (Å²) in [6.45, 7) is 4.25. The third kappa shape index (κ3) is 5.86. The summed E-state index contributed by atoms with van der Waals surface area (Å²) in [5.41, 5.74) is 5.60. The first-order valence-electron chi connectivity index (χ1n) is 14.8. The zero-order chi connectivity index (χ0) is 32.7. The van der Waals surface area contributed by atoms with Gasteiger partial charge in [-0.1, -0.05) is 40.2 Å². The van der Waals surface area contributed by atoms with Gasteiger partial charge >= 0.3 is 5.97 Å². The first kappa shape index (κ1) is 29.9. The average Bonchev–Trinajstić information content (AvgIpc) is 3.62. The number of halogens is 1. The Bertz CT molecular complexity index is 2400. The van der Waals surface area contributed by atoms with Crippen LogP contribution in [-0.2, 0) is 6.61 Å². The van der Waals surface area contributed by atoms with E-state index in [2.05, 4.69) is 25.6 Å². The molecule has 0 atom stereocenters. The minimum atomic E-state index is -0.973. The van der Waals surface area contributed by atoms with E-state index in [9.17, 15) is 14.7 Å². The van der Waals surface area contributed by atoms with Crippen molar-refractivity contribution >= 4 is 50.0 Å². The molecule has 7 aromatic rings. The van der Waals surface area contributed by atoms with Crippen molar-refractivity contribution in [3.8, 4) is 23.0 Å². The fourth-order valence-corrected chi connectivity index (χ4v) is 5.98. The number of ether oxygens (including phenoxy) is 1. The van der Waals surface area contributed by atoms with Crippen LogP contribution < -0.4 is 10.3 Å². The van der Waals surface area contributed by atoms with Gasteiger partial charge in [-0.25, -0.2) is 9.78 Å². The van der Waals surface area contributed by atoms with E-state index < -0.39 is 5.97 Å². The maximum absolute atomic E-state index is 13.7. The van der Waals surface area contributed by atoms with E-state index in [1.807, 2.05) is 80.6 Å². The van der Waals surface area contributed by atoms with Crippen LogP contribution in [0.1, 0.15) is 32.9 Å². The van der Waals surface area contributed by atoms with Crippen molar-refractivity contribution in [1.82, 2.24) is 14.2 Å². The van der Waals surface area contributed by atoms with Gasteiger partial charge in [-0.15, -0.1) is 0 Å². The van der Waals surface area contributed by atoms with Crippen LogP contribution in [0.25, 0.3) is 39.1 Å². The predicted molar refractivity (Wildman–Crippen MR) is 185 cm³/mol. The van der Waals surface area contributed by atoms with Crippen molar-refractivity contribution in [2.75, 3.05) is 0 Å². The highest BCUT2D eigenvalue weighted by Crippen LogP contribution is 2.29. The number of hydrogen-bond acceptors (Lipinski definition) is 6. The van der Waals surface area contributed by atoms with Crippen molar-refractivity contribution in [3.63, 3.8) is 0 Å². The molecule has 9 nitrogen and oxygen atoms in total. The van der Waals surface area contributed by atoms with Gasteiger partial charge in [-0.2, -0.15) is 9.78 Å². The lowest BCUT2D eigenvalue weighted by Crippen LogP contribution is -2.20. The molecule has 47 heavy (non-hydrogen) atoms. The lowest BCUT2D eigenvalue weighted by atomic mass is 10.1. The van der Waals surface area contributed by atoms with E-state index in [0.29, 0.717) is 33.8 Å². The van der Waals surface area contributed by atoms with Gasteiger partial charge in [0.1, 0.15) is 17.9 Å². The van der Waals surface area contributed by atoms with Crippen LogP contribution in [0.15, 0.2) is 122 Å². The third-order valence-electron chi connectivity index (χ3n) is 7.91. The molecule has 0 aliphatic rings. The number of rotatable bonds is 8. The predicted octanol–water partition coefficient (Wildman–Crippen LogP) is 8.14. The van der Waals surface area contributed by atoms with Gasteiger partial charge in [-0.3, -0.25) is 4.79 Å². The molecular formula is C37H27BrN4O5. The van der Waals surface area contributed by atoms with Gasteiger partial charge in [0, 0.05) is 32.5 Å². The van der Waals surface area contributed by atoms with Crippen molar-refractivity contribution in [3.05, 3.63) is 146 Å². The fourth-order valence-electron chi connectivity index (χ4n) is 5.60. The first-order chi connectivity index (χ1) is 22.7. The van der Waals surface area contributed by atoms with E-state index in [-0.39, 0.29) is 17.7 Å². The molecule has 0 radical (unpaired) electrons. The first-order valence-corrected chi connectivity index (χ1v) is 15.5. The molecule has 10 heteroatoms. The lowest BCUT2D eigenvalue weighted by molar-refractivity contribution is 0.0696. The lowest BCUT2D eigenvalue weighted by Gasteiger charge is -2.12. The molecule has 4 aromatic carbocycles. The van der Waals surface area contributed by atoms with Gasteiger partial charge in [0.05, 0.1) is 22.7 Å². The number of carboxylic acids is 1. The van der Waals surface area contributed by atoms with Crippen molar-refractivity contribution in [2.45, 2.75) is 20.5 Å². The maximum atomic E-state index is 13.7. The normalized spacial score (nSPS) is 11.6. The number of aryl methyl sites for hydroxylation is 1.